The summed E-state index contributed by atoms with van der Waals surface area (Å²) in [7, 11) is 0. The van der Waals surface area contributed by atoms with Crippen molar-refractivity contribution in [1.29, 1.82) is 0 Å². The smallest absolute Gasteiger partial charge is 0.252 e. The van der Waals surface area contributed by atoms with E-state index in [2.05, 4.69) is 21.2 Å². The SMILES string of the molecule is Nc1cc(C(=O)NCC2CCCC2CO)c(Br)cc1F. The molecule has 1 amide bonds. The van der Waals surface area contributed by atoms with Gasteiger partial charge in [-0.05, 0) is 52.7 Å². The number of carbonyl (C=O) groups is 1. The fourth-order valence-corrected chi connectivity index (χ4v) is 3.18. The van der Waals surface area contributed by atoms with E-state index < -0.39 is 5.82 Å². The second kappa shape index (κ2) is 6.54. The Balaban J connectivity index is 2.00. The molecule has 1 aliphatic carbocycles. The lowest BCUT2D eigenvalue weighted by atomic mass is 9.97. The second-order valence-electron chi connectivity index (χ2n) is 5.20. The summed E-state index contributed by atoms with van der Waals surface area (Å²) in [6.45, 7) is 0.682. The fourth-order valence-electron chi connectivity index (χ4n) is 2.68. The van der Waals surface area contributed by atoms with Crippen molar-refractivity contribution >= 4 is 27.5 Å². The molecule has 0 radical (unpaired) electrons. The quantitative estimate of drug-likeness (QED) is 0.733. The lowest BCUT2D eigenvalue weighted by Crippen LogP contribution is -2.32. The van der Waals surface area contributed by atoms with Crippen LogP contribution in [0.3, 0.4) is 0 Å². The number of hydrogen-bond donors (Lipinski definition) is 3. The molecule has 2 unspecified atom stereocenters. The van der Waals surface area contributed by atoms with Crippen LogP contribution in [-0.4, -0.2) is 24.2 Å². The van der Waals surface area contributed by atoms with Crippen molar-refractivity contribution in [3.63, 3.8) is 0 Å². The number of benzene rings is 1. The van der Waals surface area contributed by atoms with Gasteiger partial charge in [0, 0.05) is 17.6 Å². The lowest BCUT2D eigenvalue weighted by molar-refractivity contribution is 0.0937. The van der Waals surface area contributed by atoms with E-state index in [0.29, 0.717) is 22.5 Å². The zero-order valence-electron chi connectivity index (χ0n) is 11.0. The highest BCUT2D eigenvalue weighted by atomic mass is 79.9. The van der Waals surface area contributed by atoms with Crippen LogP contribution in [0.1, 0.15) is 29.6 Å². The van der Waals surface area contributed by atoms with Gasteiger partial charge in [-0.3, -0.25) is 4.79 Å². The molecule has 0 aromatic heterocycles. The zero-order valence-corrected chi connectivity index (χ0v) is 12.6. The number of aliphatic hydroxyl groups is 1. The number of carbonyl (C=O) groups excluding carboxylic acids is 1. The first-order valence-corrected chi connectivity index (χ1v) is 7.45. The summed E-state index contributed by atoms with van der Waals surface area (Å²) in [4.78, 5) is 12.1. The highest BCUT2D eigenvalue weighted by Crippen LogP contribution is 2.31. The van der Waals surface area contributed by atoms with Crippen molar-refractivity contribution in [3.8, 4) is 0 Å². The largest absolute Gasteiger partial charge is 0.396 e. The van der Waals surface area contributed by atoms with Crippen molar-refractivity contribution in [3.05, 3.63) is 28.0 Å². The number of rotatable bonds is 4. The molecule has 1 aliphatic rings. The molecular weight excluding hydrogens is 327 g/mol. The Labute approximate surface area is 125 Å². The summed E-state index contributed by atoms with van der Waals surface area (Å²) < 4.78 is 13.6. The van der Waals surface area contributed by atoms with Gasteiger partial charge in [0.15, 0.2) is 0 Å². The number of aliphatic hydroxyl groups excluding tert-OH is 1. The monoisotopic (exact) mass is 344 g/mol. The summed E-state index contributed by atoms with van der Waals surface area (Å²) >= 11 is 3.16. The van der Waals surface area contributed by atoms with Gasteiger partial charge in [-0.15, -0.1) is 0 Å². The van der Waals surface area contributed by atoms with Gasteiger partial charge in [0.1, 0.15) is 5.82 Å². The third-order valence-electron chi connectivity index (χ3n) is 3.91. The maximum absolute atomic E-state index is 13.2. The molecule has 110 valence electrons. The van der Waals surface area contributed by atoms with Crippen molar-refractivity contribution in [2.75, 3.05) is 18.9 Å². The van der Waals surface area contributed by atoms with E-state index in [-0.39, 0.29) is 24.1 Å². The van der Waals surface area contributed by atoms with Gasteiger partial charge in [0.05, 0.1) is 11.3 Å². The Morgan fingerprint density at radius 2 is 2.15 bits per heavy atom. The van der Waals surface area contributed by atoms with Crippen LogP contribution in [0, 0.1) is 17.7 Å². The Kier molecular flexibility index (Phi) is 4.99. The van der Waals surface area contributed by atoms with Gasteiger partial charge < -0.3 is 16.2 Å². The molecule has 1 saturated carbocycles. The van der Waals surface area contributed by atoms with E-state index in [0.717, 1.165) is 19.3 Å². The van der Waals surface area contributed by atoms with Crippen LogP contribution in [0.15, 0.2) is 16.6 Å². The van der Waals surface area contributed by atoms with Crippen LogP contribution in [-0.2, 0) is 0 Å². The molecule has 20 heavy (non-hydrogen) atoms. The number of anilines is 1. The van der Waals surface area contributed by atoms with Crippen molar-refractivity contribution in [2.45, 2.75) is 19.3 Å². The normalized spacial score (nSPS) is 21.9. The van der Waals surface area contributed by atoms with Crippen LogP contribution in [0.25, 0.3) is 0 Å². The highest BCUT2D eigenvalue weighted by molar-refractivity contribution is 9.10. The van der Waals surface area contributed by atoms with Crippen LogP contribution in [0.5, 0.6) is 0 Å². The highest BCUT2D eigenvalue weighted by Gasteiger charge is 2.27. The summed E-state index contributed by atoms with van der Waals surface area (Å²) in [5, 5.41) is 12.1. The van der Waals surface area contributed by atoms with Crippen molar-refractivity contribution in [2.24, 2.45) is 11.8 Å². The third kappa shape index (κ3) is 3.30. The third-order valence-corrected chi connectivity index (χ3v) is 4.56. The Morgan fingerprint density at radius 3 is 2.85 bits per heavy atom. The molecule has 6 heteroatoms. The zero-order chi connectivity index (χ0) is 14.7. The average Bonchev–Trinajstić information content (AvgIpc) is 2.87. The Bertz CT molecular complexity index is 510. The van der Waals surface area contributed by atoms with Crippen molar-refractivity contribution < 1.29 is 14.3 Å². The predicted molar refractivity (Wildman–Crippen MR) is 78.8 cm³/mol. The van der Waals surface area contributed by atoms with Gasteiger partial charge in [-0.1, -0.05) is 6.42 Å². The molecule has 2 atom stereocenters. The van der Waals surface area contributed by atoms with Crippen LogP contribution in [0.4, 0.5) is 10.1 Å². The first kappa shape index (κ1) is 15.3. The molecule has 1 aromatic rings. The molecule has 0 saturated heterocycles. The molecule has 4 N–H and O–H groups in total. The van der Waals surface area contributed by atoms with Gasteiger partial charge in [0.25, 0.3) is 5.91 Å². The molecule has 1 aromatic carbocycles. The molecule has 0 heterocycles. The second-order valence-corrected chi connectivity index (χ2v) is 6.05. The number of nitrogens with two attached hydrogens (primary N) is 1. The number of amides is 1. The molecular formula is C14H18BrFN2O2. The molecule has 0 bridgehead atoms. The summed E-state index contributed by atoms with van der Waals surface area (Å²) in [5.74, 6) is -0.269. The van der Waals surface area contributed by atoms with Gasteiger partial charge in [0.2, 0.25) is 0 Å². The number of nitrogens with one attached hydrogen (secondary N) is 1. The fraction of sp³-hybridized carbons (Fsp3) is 0.500. The minimum absolute atomic E-state index is 0.0487. The van der Waals surface area contributed by atoms with Crippen LogP contribution in [0.2, 0.25) is 0 Å². The summed E-state index contributed by atoms with van der Waals surface area (Å²) in [6.07, 6.45) is 3.10. The molecule has 0 spiro atoms. The average molecular weight is 345 g/mol. The maximum Gasteiger partial charge on any atom is 0.252 e. The van der Waals surface area contributed by atoms with Crippen LogP contribution < -0.4 is 11.1 Å². The maximum atomic E-state index is 13.2. The Hall–Kier alpha value is -1.14. The number of hydrogen-bond acceptors (Lipinski definition) is 3. The van der Waals surface area contributed by atoms with Crippen LogP contribution >= 0.6 is 15.9 Å². The molecule has 1 fully saturated rings. The minimum atomic E-state index is -0.551. The van der Waals surface area contributed by atoms with E-state index in [1.54, 1.807) is 0 Å². The first-order chi connectivity index (χ1) is 9.52. The lowest BCUT2D eigenvalue weighted by Gasteiger charge is -2.18. The topological polar surface area (TPSA) is 75.4 Å². The molecule has 2 rings (SSSR count). The van der Waals surface area contributed by atoms with Gasteiger partial charge in [-0.2, -0.15) is 0 Å². The van der Waals surface area contributed by atoms with Gasteiger partial charge in [-0.25, -0.2) is 4.39 Å². The predicted octanol–water partition coefficient (Wildman–Crippen LogP) is 2.31. The Morgan fingerprint density at radius 1 is 1.45 bits per heavy atom. The summed E-state index contributed by atoms with van der Waals surface area (Å²) in [6, 6.07) is 2.52. The van der Waals surface area contributed by atoms with Crippen molar-refractivity contribution in [1.82, 2.24) is 5.32 Å². The first-order valence-electron chi connectivity index (χ1n) is 6.66. The van der Waals surface area contributed by atoms with E-state index in [9.17, 15) is 14.3 Å². The molecule has 0 aliphatic heterocycles. The number of halogens is 2. The minimum Gasteiger partial charge on any atom is -0.396 e. The standard InChI is InChI=1S/C14H18BrFN2O2/c15-11-5-12(16)13(17)4-10(11)14(20)18-6-8-2-1-3-9(8)7-19/h4-5,8-9,19H,1-3,6-7,17H2,(H,18,20). The number of nitrogen functional groups attached to an aromatic ring is 1. The van der Waals surface area contributed by atoms with E-state index in [1.807, 2.05) is 0 Å². The van der Waals surface area contributed by atoms with Gasteiger partial charge >= 0.3 is 0 Å². The van der Waals surface area contributed by atoms with E-state index in [1.165, 1.54) is 12.1 Å². The molecule has 4 nitrogen and oxygen atoms in total. The van der Waals surface area contributed by atoms with E-state index >= 15 is 0 Å². The summed E-state index contributed by atoms with van der Waals surface area (Å²) in [5.41, 5.74) is 5.75. The van der Waals surface area contributed by atoms with E-state index in [4.69, 9.17) is 5.73 Å².